The maximum Gasteiger partial charge on any atom is -0.0281 e. The standard InChI is InChI=1S/C14H22/c1-5-8-12-9-11(4)14(7-3)13(6-2)10-12/h9-10H,5-8H2,1-4H3. The van der Waals surface area contributed by atoms with Gasteiger partial charge in [0.25, 0.3) is 0 Å². The van der Waals surface area contributed by atoms with Crippen LogP contribution in [0.5, 0.6) is 0 Å². The lowest BCUT2D eigenvalue weighted by Gasteiger charge is -2.12. The molecule has 0 bridgehead atoms. The van der Waals surface area contributed by atoms with Gasteiger partial charge in [0, 0.05) is 0 Å². The van der Waals surface area contributed by atoms with Crippen molar-refractivity contribution in [1.82, 2.24) is 0 Å². The first-order valence-corrected chi connectivity index (χ1v) is 5.84. The summed E-state index contributed by atoms with van der Waals surface area (Å²) in [6.07, 6.45) is 4.80. The summed E-state index contributed by atoms with van der Waals surface area (Å²) in [5.41, 5.74) is 6.11. The molecule has 0 nitrogen and oxygen atoms in total. The Hall–Kier alpha value is -0.780. The van der Waals surface area contributed by atoms with E-state index >= 15 is 0 Å². The molecule has 0 aliphatic rings. The minimum absolute atomic E-state index is 1.17. The van der Waals surface area contributed by atoms with Crippen LogP contribution in [0, 0.1) is 6.92 Å². The van der Waals surface area contributed by atoms with Crippen molar-refractivity contribution in [2.45, 2.75) is 53.4 Å². The van der Waals surface area contributed by atoms with Gasteiger partial charge >= 0.3 is 0 Å². The maximum atomic E-state index is 2.40. The fourth-order valence-electron chi connectivity index (χ4n) is 2.23. The van der Waals surface area contributed by atoms with Crippen LogP contribution in [0.4, 0.5) is 0 Å². The minimum Gasteiger partial charge on any atom is -0.0651 e. The molecule has 0 heterocycles. The van der Waals surface area contributed by atoms with Gasteiger partial charge in [-0.2, -0.15) is 0 Å². The van der Waals surface area contributed by atoms with Crippen LogP contribution in [0.25, 0.3) is 0 Å². The van der Waals surface area contributed by atoms with E-state index in [9.17, 15) is 0 Å². The maximum absolute atomic E-state index is 2.40. The number of hydrogen-bond donors (Lipinski definition) is 0. The largest absolute Gasteiger partial charge is 0.0651 e. The smallest absolute Gasteiger partial charge is 0.0281 e. The van der Waals surface area contributed by atoms with E-state index in [4.69, 9.17) is 0 Å². The van der Waals surface area contributed by atoms with Gasteiger partial charge in [-0.1, -0.05) is 39.3 Å². The molecule has 1 aromatic carbocycles. The molecule has 0 heteroatoms. The van der Waals surface area contributed by atoms with Crippen LogP contribution >= 0.6 is 0 Å². The van der Waals surface area contributed by atoms with Crippen molar-refractivity contribution in [2.24, 2.45) is 0 Å². The topological polar surface area (TPSA) is 0 Å². The number of rotatable bonds is 4. The molecule has 0 saturated heterocycles. The van der Waals surface area contributed by atoms with Crippen molar-refractivity contribution in [3.63, 3.8) is 0 Å². The SMILES string of the molecule is CCCc1cc(C)c(CC)c(CC)c1. The van der Waals surface area contributed by atoms with Gasteiger partial charge < -0.3 is 0 Å². The highest BCUT2D eigenvalue weighted by Gasteiger charge is 2.04. The summed E-state index contributed by atoms with van der Waals surface area (Å²) in [7, 11) is 0. The summed E-state index contributed by atoms with van der Waals surface area (Å²) < 4.78 is 0. The highest BCUT2D eigenvalue weighted by molar-refractivity contribution is 5.38. The Labute approximate surface area is 88.4 Å². The van der Waals surface area contributed by atoms with E-state index < -0.39 is 0 Å². The zero-order valence-corrected chi connectivity index (χ0v) is 9.98. The number of hydrogen-bond acceptors (Lipinski definition) is 0. The molecule has 0 N–H and O–H groups in total. The highest BCUT2D eigenvalue weighted by atomic mass is 14.1. The first-order valence-electron chi connectivity index (χ1n) is 5.84. The molecule has 14 heavy (non-hydrogen) atoms. The molecule has 78 valence electrons. The monoisotopic (exact) mass is 190 g/mol. The third-order valence-corrected chi connectivity index (χ3v) is 2.90. The molecule has 0 saturated carbocycles. The van der Waals surface area contributed by atoms with Crippen molar-refractivity contribution in [3.8, 4) is 0 Å². The van der Waals surface area contributed by atoms with Crippen LogP contribution in [0.15, 0.2) is 12.1 Å². The van der Waals surface area contributed by atoms with Gasteiger partial charge in [-0.15, -0.1) is 0 Å². The van der Waals surface area contributed by atoms with Gasteiger partial charge in [0.2, 0.25) is 0 Å². The Kier molecular flexibility index (Phi) is 4.19. The molecular formula is C14H22. The van der Waals surface area contributed by atoms with Crippen molar-refractivity contribution in [2.75, 3.05) is 0 Å². The van der Waals surface area contributed by atoms with E-state index in [0.717, 1.165) is 0 Å². The lowest BCUT2D eigenvalue weighted by molar-refractivity contribution is 0.907. The van der Waals surface area contributed by atoms with Gasteiger partial charge in [-0.25, -0.2) is 0 Å². The van der Waals surface area contributed by atoms with E-state index in [-0.39, 0.29) is 0 Å². The molecule has 0 unspecified atom stereocenters. The predicted octanol–water partition coefficient (Wildman–Crippen LogP) is 4.07. The molecule has 0 aliphatic heterocycles. The Morgan fingerprint density at radius 2 is 1.71 bits per heavy atom. The van der Waals surface area contributed by atoms with Gasteiger partial charge in [0.1, 0.15) is 0 Å². The van der Waals surface area contributed by atoms with E-state index in [2.05, 4.69) is 39.8 Å². The Morgan fingerprint density at radius 3 is 2.21 bits per heavy atom. The molecule has 0 atom stereocenters. The second-order valence-electron chi connectivity index (χ2n) is 4.01. The quantitative estimate of drug-likeness (QED) is 0.671. The lowest BCUT2D eigenvalue weighted by atomic mass is 9.94. The fraction of sp³-hybridized carbons (Fsp3) is 0.571. The first kappa shape index (κ1) is 11.3. The van der Waals surface area contributed by atoms with Crippen LogP contribution < -0.4 is 0 Å². The average molecular weight is 190 g/mol. The third-order valence-electron chi connectivity index (χ3n) is 2.90. The summed E-state index contributed by atoms with van der Waals surface area (Å²) in [6, 6.07) is 4.76. The molecule has 0 aromatic heterocycles. The molecule has 0 radical (unpaired) electrons. The fourth-order valence-corrected chi connectivity index (χ4v) is 2.23. The van der Waals surface area contributed by atoms with Crippen molar-refractivity contribution in [3.05, 3.63) is 34.4 Å². The molecule has 0 aliphatic carbocycles. The summed E-state index contributed by atoms with van der Waals surface area (Å²) in [6.45, 7) is 9.00. The molecule has 0 spiro atoms. The molecule has 0 amide bonds. The normalized spacial score (nSPS) is 10.6. The van der Waals surface area contributed by atoms with Crippen molar-refractivity contribution < 1.29 is 0 Å². The van der Waals surface area contributed by atoms with Gasteiger partial charge in [-0.05, 0) is 48.4 Å². The van der Waals surface area contributed by atoms with Gasteiger partial charge in [0.15, 0.2) is 0 Å². The van der Waals surface area contributed by atoms with E-state index in [1.165, 1.54) is 36.8 Å². The Balaban J connectivity index is 3.10. The lowest BCUT2D eigenvalue weighted by Crippen LogP contribution is -1.97. The van der Waals surface area contributed by atoms with E-state index in [1.807, 2.05) is 0 Å². The average Bonchev–Trinajstić information content (AvgIpc) is 2.17. The predicted molar refractivity (Wildman–Crippen MR) is 63.9 cm³/mol. The minimum atomic E-state index is 1.17. The molecule has 0 fully saturated rings. The number of aryl methyl sites for hydroxylation is 3. The van der Waals surface area contributed by atoms with Crippen molar-refractivity contribution >= 4 is 0 Å². The zero-order chi connectivity index (χ0) is 10.6. The van der Waals surface area contributed by atoms with Crippen LogP contribution in [-0.2, 0) is 19.3 Å². The number of benzene rings is 1. The Bertz CT molecular complexity index is 297. The van der Waals surface area contributed by atoms with Crippen LogP contribution in [-0.4, -0.2) is 0 Å². The zero-order valence-electron chi connectivity index (χ0n) is 9.98. The second kappa shape index (κ2) is 5.19. The highest BCUT2D eigenvalue weighted by Crippen LogP contribution is 2.19. The van der Waals surface area contributed by atoms with E-state index in [0.29, 0.717) is 0 Å². The van der Waals surface area contributed by atoms with Crippen LogP contribution in [0.1, 0.15) is 49.4 Å². The van der Waals surface area contributed by atoms with Gasteiger partial charge in [0.05, 0.1) is 0 Å². The Morgan fingerprint density at radius 1 is 1.00 bits per heavy atom. The summed E-state index contributed by atoms with van der Waals surface area (Å²) in [5.74, 6) is 0. The van der Waals surface area contributed by atoms with Gasteiger partial charge in [-0.3, -0.25) is 0 Å². The third kappa shape index (κ3) is 2.37. The summed E-state index contributed by atoms with van der Waals surface area (Å²) >= 11 is 0. The van der Waals surface area contributed by atoms with Crippen molar-refractivity contribution in [1.29, 1.82) is 0 Å². The molecule has 1 aromatic rings. The molecular weight excluding hydrogens is 168 g/mol. The molecule has 1 rings (SSSR count). The second-order valence-corrected chi connectivity index (χ2v) is 4.01. The summed E-state index contributed by atoms with van der Waals surface area (Å²) in [4.78, 5) is 0. The summed E-state index contributed by atoms with van der Waals surface area (Å²) in [5, 5.41) is 0. The first-order chi connectivity index (χ1) is 6.72. The van der Waals surface area contributed by atoms with Crippen LogP contribution in [0.3, 0.4) is 0 Å². The van der Waals surface area contributed by atoms with E-state index in [1.54, 1.807) is 11.1 Å². The van der Waals surface area contributed by atoms with Crippen LogP contribution in [0.2, 0.25) is 0 Å².